The quantitative estimate of drug-likeness (QED) is 0.213. The van der Waals surface area contributed by atoms with Gasteiger partial charge in [0.05, 0.1) is 26.8 Å². The summed E-state index contributed by atoms with van der Waals surface area (Å²) in [6.07, 6.45) is 0. The van der Waals surface area contributed by atoms with E-state index >= 15 is 0 Å². The molecule has 0 unspecified atom stereocenters. The molecule has 3 nitrogen and oxygen atoms in total. The predicted octanol–water partition coefficient (Wildman–Crippen LogP) is 9.97. The molecule has 10 aromatic rings. The van der Waals surface area contributed by atoms with Crippen LogP contribution < -0.4 is 0 Å². The van der Waals surface area contributed by atoms with E-state index in [0.717, 1.165) is 27.6 Å². The van der Waals surface area contributed by atoms with Gasteiger partial charge in [0.25, 0.3) is 0 Å². The summed E-state index contributed by atoms with van der Waals surface area (Å²) in [5.41, 5.74) is 8.72. The number of para-hydroxylation sites is 3. The molecule has 0 bridgehead atoms. The summed E-state index contributed by atoms with van der Waals surface area (Å²) in [6, 6.07) is 41.5. The van der Waals surface area contributed by atoms with Crippen molar-refractivity contribution in [1.29, 1.82) is 0 Å². The fourth-order valence-electron chi connectivity index (χ4n) is 6.75. The van der Waals surface area contributed by atoms with Crippen LogP contribution in [0.5, 0.6) is 0 Å². The topological polar surface area (TPSA) is 30.2 Å². The molecule has 0 saturated carbocycles. The van der Waals surface area contributed by atoms with Gasteiger partial charge in [-0.15, -0.1) is 11.3 Å². The van der Waals surface area contributed by atoms with Crippen molar-refractivity contribution in [1.82, 2.24) is 14.4 Å². The zero-order chi connectivity index (χ0) is 25.9. The Morgan fingerprint density at radius 2 is 1.25 bits per heavy atom. The van der Waals surface area contributed by atoms with Gasteiger partial charge in [-0.1, -0.05) is 91.0 Å². The first-order valence-electron chi connectivity index (χ1n) is 13.5. The average Bonchev–Trinajstić information content (AvgIpc) is 3.66. The molecule has 40 heavy (non-hydrogen) atoms. The second-order valence-corrected chi connectivity index (χ2v) is 11.7. The van der Waals surface area contributed by atoms with Crippen molar-refractivity contribution in [3.05, 3.63) is 115 Å². The second kappa shape index (κ2) is 7.32. The van der Waals surface area contributed by atoms with Crippen LogP contribution >= 0.6 is 11.3 Å². The van der Waals surface area contributed by atoms with Crippen LogP contribution in [0.15, 0.2) is 115 Å². The lowest BCUT2D eigenvalue weighted by atomic mass is 9.97. The van der Waals surface area contributed by atoms with Crippen LogP contribution in [-0.2, 0) is 0 Å². The van der Waals surface area contributed by atoms with E-state index < -0.39 is 0 Å². The minimum atomic E-state index is 0.923. The minimum Gasteiger partial charge on any atom is -0.290 e. The lowest BCUT2D eigenvalue weighted by Gasteiger charge is -2.07. The summed E-state index contributed by atoms with van der Waals surface area (Å²) in [7, 11) is 0. The van der Waals surface area contributed by atoms with Crippen molar-refractivity contribution in [3.8, 4) is 11.1 Å². The Morgan fingerprint density at radius 3 is 2.20 bits per heavy atom. The average molecular weight is 526 g/mol. The molecule has 0 aliphatic rings. The third-order valence-corrected chi connectivity index (χ3v) is 9.70. The van der Waals surface area contributed by atoms with E-state index in [1.165, 1.54) is 63.9 Å². The second-order valence-electron chi connectivity index (χ2n) is 10.6. The third-order valence-electron chi connectivity index (χ3n) is 8.51. The zero-order valence-electron chi connectivity index (χ0n) is 21.2. The molecule has 6 aromatic carbocycles. The van der Waals surface area contributed by atoms with Crippen molar-refractivity contribution >= 4 is 91.7 Å². The summed E-state index contributed by atoms with van der Waals surface area (Å²) >= 11 is 1.88. The molecular weight excluding hydrogens is 506 g/mol. The van der Waals surface area contributed by atoms with Gasteiger partial charge in [-0.05, 0) is 46.2 Å². The Morgan fingerprint density at radius 1 is 0.525 bits per heavy atom. The van der Waals surface area contributed by atoms with E-state index in [2.05, 4.69) is 101 Å². The standard InChI is InChI=1S/C36H19N3S/c1-2-9-22-20(7-1)8-5-10-23(22)21-15-18-31-28(19-21)26-17-16-25-24-11-6-12-27-32-36(38-30-14-4-3-13-29(30)37-32)39(33(24)27)34(25)35(26)40-31/h1-19H. The number of fused-ring (bicyclic) bond motifs is 12. The van der Waals surface area contributed by atoms with Gasteiger partial charge in [0.2, 0.25) is 0 Å². The van der Waals surface area contributed by atoms with Crippen LogP contribution in [-0.4, -0.2) is 14.4 Å². The molecular formula is C36H19N3S. The maximum atomic E-state index is 5.17. The molecule has 0 aliphatic heterocycles. The number of nitrogens with zero attached hydrogens (tertiary/aromatic N) is 3. The molecule has 0 atom stereocenters. The van der Waals surface area contributed by atoms with Crippen molar-refractivity contribution in [3.63, 3.8) is 0 Å². The van der Waals surface area contributed by atoms with Crippen molar-refractivity contribution in [2.75, 3.05) is 0 Å². The number of thiophene rings is 1. The zero-order valence-corrected chi connectivity index (χ0v) is 22.0. The lowest BCUT2D eigenvalue weighted by molar-refractivity contribution is 1.28. The smallest absolute Gasteiger partial charge is 0.165 e. The minimum absolute atomic E-state index is 0.923. The first-order chi connectivity index (χ1) is 19.8. The van der Waals surface area contributed by atoms with Gasteiger partial charge in [-0.3, -0.25) is 4.40 Å². The normalized spacial score (nSPS) is 12.5. The molecule has 0 amide bonds. The number of hydrogen-bond acceptors (Lipinski definition) is 3. The summed E-state index contributed by atoms with van der Waals surface area (Å²) in [6.45, 7) is 0. The van der Waals surface area contributed by atoms with Gasteiger partial charge in [-0.2, -0.15) is 0 Å². The molecule has 0 N–H and O–H groups in total. The Kier molecular flexibility index (Phi) is 3.81. The van der Waals surface area contributed by atoms with E-state index in [1.54, 1.807) is 0 Å². The molecule has 4 heteroatoms. The first-order valence-corrected chi connectivity index (χ1v) is 14.3. The molecule has 4 aromatic heterocycles. The maximum Gasteiger partial charge on any atom is 0.165 e. The van der Waals surface area contributed by atoms with E-state index in [0.29, 0.717) is 0 Å². The molecule has 0 aliphatic carbocycles. The SMILES string of the molecule is c1ccc2c(-c3ccc4sc5c(ccc6c7cccc8c9nc%10ccccc%10nc9n(c78)c65)c4c3)cccc2c1. The fourth-order valence-corrected chi connectivity index (χ4v) is 7.97. The highest BCUT2D eigenvalue weighted by Gasteiger charge is 2.22. The largest absolute Gasteiger partial charge is 0.290 e. The lowest BCUT2D eigenvalue weighted by Crippen LogP contribution is -1.89. The Hall–Kier alpha value is -5.06. The van der Waals surface area contributed by atoms with Crippen LogP contribution in [0.4, 0.5) is 0 Å². The van der Waals surface area contributed by atoms with E-state index in [9.17, 15) is 0 Å². The highest BCUT2D eigenvalue weighted by molar-refractivity contribution is 7.26. The highest BCUT2D eigenvalue weighted by Crippen LogP contribution is 2.45. The molecule has 0 spiro atoms. The predicted molar refractivity (Wildman–Crippen MR) is 170 cm³/mol. The van der Waals surface area contributed by atoms with Gasteiger partial charge in [0.1, 0.15) is 5.52 Å². The van der Waals surface area contributed by atoms with E-state index in [4.69, 9.17) is 9.97 Å². The summed E-state index contributed by atoms with van der Waals surface area (Å²) < 4.78 is 4.97. The van der Waals surface area contributed by atoms with Crippen molar-refractivity contribution in [2.45, 2.75) is 0 Å². The third kappa shape index (κ3) is 2.54. The van der Waals surface area contributed by atoms with Crippen molar-refractivity contribution < 1.29 is 0 Å². The van der Waals surface area contributed by atoms with Crippen LogP contribution in [0.3, 0.4) is 0 Å². The number of hydrogen-bond donors (Lipinski definition) is 0. The van der Waals surface area contributed by atoms with Crippen LogP contribution in [0, 0.1) is 0 Å². The van der Waals surface area contributed by atoms with Crippen LogP contribution in [0.2, 0.25) is 0 Å². The van der Waals surface area contributed by atoms with E-state index in [1.807, 2.05) is 29.5 Å². The molecule has 0 radical (unpaired) electrons. The Bertz CT molecular complexity index is 2650. The number of rotatable bonds is 1. The first kappa shape index (κ1) is 20.8. The van der Waals surface area contributed by atoms with Crippen LogP contribution in [0.1, 0.15) is 0 Å². The van der Waals surface area contributed by atoms with Gasteiger partial charge < -0.3 is 0 Å². The van der Waals surface area contributed by atoms with Gasteiger partial charge in [0.15, 0.2) is 5.65 Å². The number of benzene rings is 6. The highest BCUT2D eigenvalue weighted by atomic mass is 32.1. The number of aromatic nitrogens is 3. The fraction of sp³-hybridized carbons (Fsp3) is 0. The summed E-state index contributed by atoms with van der Waals surface area (Å²) in [4.78, 5) is 10.3. The Balaban J connectivity index is 1.35. The Labute approximate surface area is 231 Å². The molecule has 184 valence electrons. The van der Waals surface area contributed by atoms with Gasteiger partial charge in [-0.25, -0.2) is 9.97 Å². The molecule has 4 heterocycles. The van der Waals surface area contributed by atoms with Gasteiger partial charge >= 0.3 is 0 Å². The molecule has 0 fully saturated rings. The van der Waals surface area contributed by atoms with Gasteiger partial charge in [0, 0.05) is 31.6 Å². The summed E-state index contributed by atoms with van der Waals surface area (Å²) in [5.74, 6) is 0. The maximum absolute atomic E-state index is 5.17. The molecule has 10 rings (SSSR count). The van der Waals surface area contributed by atoms with Crippen molar-refractivity contribution in [2.24, 2.45) is 0 Å². The van der Waals surface area contributed by atoms with Crippen LogP contribution in [0.25, 0.3) is 91.5 Å². The summed E-state index contributed by atoms with van der Waals surface area (Å²) in [5, 5.41) is 8.83. The monoisotopic (exact) mass is 525 g/mol. The molecule has 0 saturated heterocycles. The van der Waals surface area contributed by atoms with E-state index in [-0.39, 0.29) is 0 Å².